The average Bonchev–Trinajstić information content (AvgIpc) is 1.80. The van der Waals surface area contributed by atoms with E-state index < -0.39 is 11.7 Å². The largest absolute Gasteiger partial charge is 0.355 e. The molecular weight excluding hydrogens is 126 g/mol. The number of hydrogen-bond acceptors (Lipinski definition) is 4. The monoisotopic (exact) mass is 134 g/mol. The van der Waals surface area contributed by atoms with Gasteiger partial charge in [-0.2, -0.15) is 0 Å². The van der Waals surface area contributed by atoms with Gasteiger partial charge in [-0.3, -0.25) is 14.9 Å². The zero-order valence-electron chi connectivity index (χ0n) is 4.91. The first-order valence-corrected chi connectivity index (χ1v) is 2.34. The maximum absolute atomic E-state index is 9.57. The van der Waals surface area contributed by atoms with Crippen molar-refractivity contribution < 1.29 is 14.4 Å². The SMILES string of the molecule is [CH2]COCOC[N+](=O)[O-]. The van der Waals surface area contributed by atoms with Crippen LogP contribution in [0.2, 0.25) is 0 Å². The van der Waals surface area contributed by atoms with Crippen LogP contribution >= 0.6 is 0 Å². The first kappa shape index (κ1) is 8.32. The lowest BCUT2D eigenvalue weighted by atomic mass is 10.9. The molecule has 1 radical (unpaired) electrons. The van der Waals surface area contributed by atoms with E-state index in [0.717, 1.165) is 0 Å². The van der Waals surface area contributed by atoms with E-state index in [0.29, 0.717) is 0 Å². The number of nitrogens with zero attached hydrogens (tertiary/aromatic N) is 1. The highest BCUT2D eigenvalue weighted by Gasteiger charge is 1.92. The molecule has 5 heteroatoms. The molecule has 0 fully saturated rings. The van der Waals surface area contributed by atoms with Crippen LogP contribution in [0.25, 0.3) is 0 Å². The highest BCUT2D eigenvalue weighted by Crippen LogP contribution is 1.76. The summed E-state index contributed by atoms with van der Waals surface area (Å²) >= 11 is 0. The zero-order valence-corrected chi connectivity index (χ0v) is 4.91. The van der Waals surface area contributed by atoms with E-state index in [1.54, 1.807) is 0 Å². The van der Waals surface area contributed by atoms with E-state index in [4.69, 9.17) is 0 Å². The summed E-state index contributed by atoms with van der Waals surface area (Å²) in [4.78, 5) is 8.99. The summed E-state index contributed by atoms with van der Waals surface area (Å²) in [6.07, 6.45) is 0. The molecule has 5 nitrogen and oxygen atoms in total. The van der Waals surface area contributed by atoms with Crippen LogP contribution in [0, 0.1) is 17.0 Å². The van der Waals surface area contributed by atoms with E-state index in [1.165, 1.54) is 0 Å². The fraction of sp³-hybridized carbons (Fsp3) is 0.750. The summed E-state index contributed by atoms with van der Waals surface area (Å²) in [5.41, 5.74) is 0. The van der Waals surface area contributed by atoms with Crippen molar-refractivity contribution in [1.29, 1.82) is 0 Å². The molecule has 0 aromatic rings. The summed E-state index contributed by atoms with van der Waals surface area (Å²) < 4.78 is 8.92. The summed E-state index contributed by atoms with van der Waals surface area (Å²) in [5, 5.41) is 9.57. The first-order chi connectivity index (χ1) is 4.27. The first-order valence-electron chi connectivity index (χ1n) is 2.34. The van der Waals surface area contributed by atoms with Crippen molar-refractivity contribution >= 4 is 0 Å². The minimum absolute atomic E-state index is 0.0650. The lowest BCUT2D eigenvalue weighted by molar-refractivity contribution is -0.530. The van der Waals surface area contributed by atoms with Crippen LogP contribution in [-0.4, -0.2) is 25.1 Å². The Labute approximate surface area is 52.7 Å². The summed E-state index contributed by atoms with van der Waals surface area (Å²) in [6, 6.07) is 0. The summed E-state index contributed by atoms with van der Waals surface area (Å²) in [7, 11) is 0. The Hall–Kier alpha value is -0.680. The van der Waals surface area contributed by atoms with Gasteiger partial charge in [0.15, 0.2) is 6.79 Å². The molecule has 0 aliphatic carbocycles. The van der Waals surface area contributed by atoms with Crippen LogP contribution in [-0.2, 0) is 9.47 Å². The highest BCUT2D eigenvalue weighted by molar-refractivity contribution is 4.23. The topological polar surface area (TPSA) is 61.6 Å². The third kappa shape index (κ3) is 7.32. The maximum atomic E-state index is 9.57. The predicted octanol–water partition coefficient (Wildman–Crippen LogP) is 0.0454. The average molecular weight is 134 g/mol. The van der Waals surface area contributed by atoms with Gasteiger partial charge >= 0.3 is 6.73 Å². The van der Waals surface area contributed by atoms with Crippen molar-refractivity contribution in [1.82, 2.24) is 0 Å². The van der Waals surface area contributed by atoms with E-state index in [-0.39, 0.29) is 13.4 Å². The van der Waals surface area contributed by atoms with Gasteiger partial charge in [-0.25, -0.2) is 0 Å². The van der Waals surface area contributed by atoms with Crippen LogP contribution in [0.15, 0.2) is 0 Å². The third-order valence-corrected chi connectivity index (χ3v) is 0.508. The van der Waals surface area contributed by atoms with Crippen molar-refractivity contribution in [2.24, 2.45) is 0 Å². The molecule has 0 amide bonds. The van der Waals surface area contributed by atoms with Crippen LogP contribution in [0.5, 0.6) is 0 Å². The molecule has 0 saturated heterocycles. The van der Waals surface area contributed by atoms with Crippen molar-refractivity contribution in [2.45, 2.75) is 0 Å². The number of hydrogen-bond donors (Lipinski definition) is 0. The Balaban J connectivity index is 2.83. The molecule has 0 aromatic heterocycles. The van der Waals surface area contributed by atoms with Gasteiger partial charge in [-0.1, -0.05) is 0 Å². The van der Waals surface area contributed by atoms with E-state index in [9.17, 15) is 10.1 Å². The molecule has 0 aromatic carbocycles. The van der Waals surface area contributed by atoms with Crippen LogP contribution in [0.3, 0.4) is 0 Å². The minimum Gasteiger partial charge on any atom is -0.355 e. The smallest absolute Gasteiger partial charge is 0.308 e. The molecule has 0 rings (SSSR count). The van der Waals surface area contributed by atoms with E-state index >= 15 is 0 Å². The fourth-order valence-electron chi connectivity index (χ4n) is 0.230. The van der Waals surface area contributed by atoms with Gasteiger partial charge in [0, 0.05) is 11.5 Å². The second kappa shape index (κ2) is 5.46. The number of rotatable bonds is 5. The Morgan fingerprint density at radius 1 is 1.56 bits per heavy atom. The molecule has 53 valence electrons. The molecule has 0 aliphatic rings. The van der Waals surface area contributed by atoms with Crippen molar-refractivity contribution in [2.75, 3.05) is 20.1 Å². The second-order valence-electron chi connectivity index (χ2n) is 1.19. The molecule has 0 heterocycles. The minimum atomic E-state index is -0.577. The van der Waals surface area contributed by atoms with Gasteiger partial charge in [0.05, 0.1) is 0 Å². The van der Waals surface area contributed by atoms with Crippen molar-refractivity contribution in [3.05, 3.63) is 17.0 Å². The van der Waals surface area contributed by atoms with Gasteiger partial charge < -0.3 is 4.74 Å². The van der Waals surface area contributed by atoms with Gasteiger partial charge in [0.2, 0.25) is 0 Å². The Morgan fingerprint density at radius 2 is 2.22 bits per heavy atom. The van der Waals surface area contributed by atoms with Gasteiger partial charge in [0.25, 0.3) is 0 Å². The normalized spacial score (nSPS) is 9.44. The highest BCUT2D eigenvalue weighted by atomic mass is 16.7. The van der Waals surface area contributed by atoms with Gasteiger partial charge in [-0.15, -0.1) is 0 Å². The van der Waals surface area contributed by atoms with Crippen molar-refractivity contribution in [3.8, 4) is 0 Å². The van der Waals surface area contributed by atoms with Crippen LogP contribution in [0.1, 0.15) is 0 Å². The molecule has 9 heavy (non-hydrogen) atoms. The molecule has 0 unspecified atom stereocenters. The quantitative estimate of drug-likeness (QED) is 0.230. The number of ether oxygens (including phenoxy) is 2. The maximum Gasteiger partial charge on any atom is 0.308 e. The van der Waals surface area contributed by atoms with Crippen LogP contribution < -0.4 is 0 Å². The Bertz CT molecular complexity index is 84.6. The van der Waals surface area contributed by atoms with E-state index in [1.807, 2.05) is 0 Å². The standard InChI is InChI=1S/C4H8NO4/c1-2-8-4-9-3-5(6)7/h1-4H2. The van der Waals surface area contributed by atoms with E-state index in [2.05, 4.69) is 16.4 Å². The lowest BCUT2D eigenvalue weighted by Gasteiger charge is -1.96. The Kier molecular flexibility index (Phi) is 5.04. The summed E-state index contributed by atoms with van der Waals surface area (Å²) in [6.45, 7) is 3.01. The molecule has 0 spiro atoms. The predicted molar refractivity (Wildman–Crippen MR) is 29.1 cm³/mol. The molecule has 0 bridgehead atoms. The molecule has 0 aliphatic heterocycles. The molecular formula is C4H8NO4. The molecule has 0 saturated carbocycles. The van der Waals surface area contributed by atoms with Crippen LogP contribution in [0.4, 0.5) is 0 Å². The fourth-order valence-corrected chi connectivity index (χ4v) is 0.230. The Morgan fingerprint density at radius 3 is 2.67 bits per heavy atom. The van der Waals surface area contributed by atoms with Gasteiger partial charge in [-0.05, 0) is 6.92 Å². The third-order valence-electron chi connectivity index (χ3n) is 0.508. The van der Waals surface area contributed by atoms with Crippen molar-refractivity contribution in [3.63, 3.8) is 0 Å². The number of nitro groups is 1. The molecule has 0 atom stereocenters. The molecule has 0 N–H and O–H groups in total. The summed E-state index contributed by atoms with van der Waals surface area (Å²) in [5.74, 6) is 0. The van der Waals surface area contributed by atoms with Gasteiger partial charge in [0.1, 0.15) is 0 Å². The zero-order chi connectivity index (χ0) is 7.11. The lowest BCUT2D eigenvalue weighted by Crippen LogP contribution is -2.08. The second-order valence-corrected chi connectivity index (χ2v) is 1.19.